The molecule has 2 N–H and O–H groups in total. The molecule has 0 radical (unpaired) electrons. The molecule has 2 aliphatic heterocycles. The van der Waals surface area contributed by atoms with Gasteiger partial charge in [0.2, 0.25) is 0 Å². The third-order valence-corrected chi connectivity index (χ3v) is 6.48. The number of nitrogens with one attached hydrogen (secondary N) is 1. The zero-order chi connectivity index (χ0) is 22.5. The van der Waals surface area contributed by atoms with Crippen LogP contribution in [0.15, 0.2) is 34.1 Å². The number of carbonyl (C=O) groups excluding carboxylic acids is 1. The number of fused-ring (bicyclic) bond motifs is 1. The van der Waals surface area contributed by atoms with Crippen LogP contribution in [0, 0.1) is 0 Å². The molecule has 2 fully saturated rings. The molecule has 11 heteroatoms. The molecule has 4 heterocycles. The van der Waals surface area contributed by atoms with Crippen molar-refractivity contribution < 1.29 is 19.4 Å². The van der Waals surface area contributed by atoms with E-state index < -0.39 is 0 Å². The Morgan fingerprint density at radius 1 is 1.38 bits per heavy atom. The predicted molar refractivity (Wildman–Crippen MR) is 127 cm³/mol. The fourth-order valence-electron chi connectivity index (χ4n) is 3.56. The third kappa shape index (κ3) is 5.02. The van der Waals surface area contributed by atoms with Crippen molar-refractivity contribution in [2.24, 2.45) is 0 Å². The average Bonchev–Trinajstić information content (AvgIpc) is 3.40. The molecule has 32 heavy (non-hydrogen) atoms. The highest BCUT2D eigenvalue weighted by molar-refractivity contribution is 8.26. The van der Waals surface area contributed by atoms with E-state index in [0.29, 0.717) is 47.0 Å². The van der Waals surface area contributed by atoms with E-state index >= 15 is 0 Å². The first-order chi connectivity index (χ1) is 15.6. The first-order valence-electron chi connectivity index (χ1n) is 10.4. The summed E-state index contributed by atoms with van der Waals surface area (Å²) in [6.07, 6.45) is 5.06. The fourth-order valence-corrected chi connectivity index (χ4v) is 4.81. The smallest absolute Gasteiger partial charge is 0.267 e. The van der Waals surface area contributed by atoms with Gasteiger partial charge >= 0.3 is 0 Å². The van der Waals surface area contributed by atoms with Gasteiger partial charge in [0.1, 0.15) is 15.8 Å². The van der Waals surface area contributed by atoms with E-state index in [1.165, 1.54) is 16.2 Å². The highest BCUT2D eigenvalue weighted by atomic mass is 32.2. The zero-order valence-electron chi connectivity index (χ0n) is 17.4. The Morgan fingerprint density at radius 3 is 3.03 bits per heavy atom. The molecule has 0 aromatic carbocycles. The summed E-state index contributed by atoms with van der Waals surface area (Å²) in [5, 5.41) is 11.9. The number of aliphatic hydroxyl groups excluding tert-OH is 1. The van der Waals surface area contributed by atoms with Crippen molar-refractivity contribution in [1.82, 2.24) is 14.3 Å². The molecule has 4 rings (SSSR count). The number of hydrogen-bond donors (Lipinski definition) is 2. The van der Waals surface area contributed by atoms with Crippen LogP contribution >= 0.6 is 24.0 Å². The van der Waals surface area contributed by atoms with Crippen molar-refractivity contribution in [2.75, 3.05) is 44.8 Å². The summed E-state index contributed by atoms with van der Waals surface area (Å²) in [5.74, 6) is 0.128. The van der Waals surface area contributed by atoms with Crippen molar-refractivity contribution in [2.45, 2.75) is 18.9 Å². The van der Waals surface area contributed by atoms with Crippen LogP contribution in [-0.2, 0) is 14.3 Å². The number of aliphatic hydroxyl groups is 1. The maximum Gasteiger partial charge on any atom is 0.267 e. The van der Waals surface area contributed by atoms with Crippen molar-refractivity contribution in [3.63, 3.8) is 0 Å². The van der Waals surface area contributed by atoms with E-state index in [0.717, 1.165) is 12.8 Å². The number of amides is 1. The quantitative estimate of drug-likeness (QED) is 0.316. The van der Waals surface area contributed by atoms with Gasteiger partial charge < -0.3 is 19.9 Å². The van der Waals surface area contributed by atoms with E-state index in [-0.39, 0.29) is 36.3 Å². The Labute approximate surface area is 194 Å². The van der Waals surface area contributed by atoms with Crippen LogP contribution in [0.4, 0.5) is 5.82 Å². The second-order valence-electron chi connectivity index (χ2n) is 7.30. The van der Waals surface area contributed by atoms with E-state index in [4.69, 9.17) is 26.8 Å². The molecule has 0 aliphatic carbocycles. The molecule has 9 nitrogen and oxygen atoms in total. The van der Waals surface area contributed by atoms with Crippen LogP contribution in [0.1, 0.15) is 18.4 Å². The number of anilines is 1. The van der Waals surface area contributed by atoms with E-state index in [1.54, 1.807) is 35.4 Å². The topological polar surface area (TPSA) is 105 Å². The molecule has 2 aromatic heterocycles. The number of thioether (sulfide) groups is 1. The van der Waals surface area contributed by atoms with Gasteiger partial charge in [0.15, 0.2) is 0 Å². The molecule has 170 valence electrons. The molecule has 1 amide bonds. The van der Waals surface area contributed by atoms with E-state index in [1.807, 2.05) is 0 Å². The number of ether oxygens (including phenoxy) is 2. The minimum Gasteiger partial charge on any atom is -0.394 e. The van der Waals surface area contributed by atoms with Crippen molar-refractivity contribution >= 4 is 51.7 Å². The van der Waals surface area contributed by atoms with Crippen LogP contribution < -0.4 is 10.9 Å². The normalized spacial score (nSPS) is 20.1. The van der Waals surface area contributed by atoms with Gasteiger partial charge in [0.25, 0.3) is 11.5 Å². The Hall–Kier alpha value is -2.31. The third-order valence-electron chi connectivity index (χ3n) is 5.10. The molecule has 0 bridgehead atoms. The number of pyridine rings is 1. The van der Waals surface area contributed by atoms with Crippen molar-refractivity contribution in [3.8, 4) is 0 Å². The first kappa shape index (κ1) is 22.9. The lowest BCUT2D eigenvalue weighted by molar-refractivity contribution is -0.123. The van der Waals surface area contributed by atoms with Crippen molar-refractivity contribution in [3.05, 3.63) is 45.2 Å². The van der Waals surface area contributed by atoms with Crippen LogP contribution in [-0.4, -0.2) is 75.2 Å². The van der Waals surface area contributed by atoms with Crippen LogP contribution in [0.25, 0.3) is 11.7 Å². The summed E-state index contributed by atoms with van der Waals surface area (Å²) >= 11 is 6.59. The predicted octanol–water partition coefficient (Wildman–Crippen LogP) is 1.50. The van der Waals surface area contributed by atoms with Gasteiger partial charge in [-0.25, -0.2) is 4.98 Å². The summed E-state index contributed by atoms with van der Waals surface area (Å²) < 4.78 is 12.8. The summed E-state index contributed by atoms with van der Waals surface area (Å²) in [6, 6.07) is 5.28. The molecule has 2 aromatic rings. The van der Waals surface area contributed by atoms with Gasteiger partial charge in [-0.3, -0.25) is 18.9 Å². The second-order valence-corrected chi connectivity index (χ2v) is 8.97. The highest BCUT2D eigenvalue weighted by Crippen LogP contribution is 2.34. The summed E-state index contributed by atoms with van der Waals surface area (Å²) in [7, 11) is 0. The Balaban J connectivity index is 1.63. The van der Waals surface area contributed by atoms with Crippen LogP contribution in [0.2, 0.25) is 0 Å². The van der Waals surface area contributed by atoms with Gasteiger partial charge in [-0.15, -0.1) is 0 Å². The molecule has 2 aliphatic rings. The number of aromatic nitrogens is 2. The number of nitrogens with zero attached hydrogens (tertiary/aromatic N) is 3. The maximum absolute atomic E-state index is 13.2. The lowest BCUT2D eigenvalue weighted by Gasteiger charge is -2.18. The minimum atomic E-state index is -0.293. The number of hydrogen-bond acceptors (Lipinski definition) is 9. The van der Waals surface area contributed by atoms with E-state index in [2.05, 4.69) is 10.3 Å². The van der Waals surface area contributed by atoms with Gasteiger partial charge in [-0.05, 0) is 31.1 Å². The number of thiocarbonyl (C=S) groups is 1. The molecule has 0 saturated carbocycles. The van der Waals surface area contributed by atoms with Crippen LogP contribution in [0.5, 0.6) is 0 Å². The van der Waals surface area contributed by atoms with E-state index in [9.17, 15) is 9.59 Å². The maximum atomic E-state index is 13.2. The van der Waals surface area contributed by atoms with Crippen LogP contribution in [0.3, 0.4) is 0 Å². The molecule has 0 spiro atoms. The van der Waals surface area contributed by atoms with Gasteiger partial charge in [0.05, 0.1) is 42.9 Å². The van der Waals surface area contributed by atoms with Gasteiger partial charge in [0, 0.05) is 19.3 Å². The number of rotatable bonds is 9. The zero-order valence-corrected chi connectivity index (χ0v) is 19.0. The van der Waals surface area contributed by atoms with Gasteiger partial charge in [-0.1, -0.05) is 30.0 Å². The molecule has 1 atom stereocenters. The van der Waals surface area contributed by atoms with Crippen molar-refractivity contribution in [1.29, 1.82) is 0 Å². The summed E-state index contributed by atoms with van der Waals surface area (Å²) in [4.78, 5) is 32.7. The largest absolute Gasteiger partial charge is 0.394 e. The van der Waals surface area contributed by atoms with Gasteiger partial charge in [-0.2, -0.15) is 0 Å². The summed E-state index contributed by atoms with van der Waals surface area (Å²) in [6.45, 7) is 2.01. The molecule has 2 saturated heterocycles. The Kier molecular flexibility index (Phi) is 7.53. The first-order valence-corrected chi connectivity index (χ1v) is 11.6. The molecule has 0 unspecified atom stereocenters. The SMILES string of the molecule is O=C1/C(=C/c2c(NCCOCCO)nc3ccccn3c2=O)SC(=S)N1C[C@H]1CCCO1. The Bertz CT molecular complexity index is 1100. The minimum absolute atomic E-state index is 0.0130. The lowest BCUT2D eigenvalue weighted by Crippen LogP contribution is -2.35. The average molecular weight is 477 g/mol. The second kappa shape index (κ2) is 10.5. The molecular weight excluding hydrogens is 452 g/mol. The standard InChI is InChI=1S/C21H24N4O5S2/c26-8-11-29-10-6-22-18-15(19(27)24-7-2-1-5-17(24)23-18)12-16-20(28)25(21(31)32-16)13-14-4-3-9-30-14/h1-2,5,7,12,14,22,26H,3-4,6,8-11,13H2/b16-12-/t14-/m1/s1. The lowest BCUT2D eigenvalue weighted by atomic mass is 10.2. The molecular formula is C21H24N4O5S2. The Morgan fingerprint density at radius 2 is 2.25 bits per heavy atom. The monoisotopic (exact) mass is 476 g/mol. The highest BCUT2D eigenvalue weighted by Gasteiger charge is 2.35. The summed E-state index contributed by atoms with van der Waals surface area (Å²) in [5.41, 5.74) is 0.464. The number of carbonyl (C=O) groups is 1. The fraction of sp³-hybridized carbons (Fsp3) is 0.429.